The summed E-state index contributed by atoms with van der Waals surface area (Å²) in [6.45, 7) is 23.0. The third-order valence-corrected chi connectivity index (χ3v) is 26.9. The van der Waals surface area contributed by atoms with E-state index in [0.29, 0.717) is 58.7 Å². The van der Waals surface area contributed by atoms with Crippen molar-refractivity contribution in [3.05, 3.63) is 436 Å². The number of hydrogen-bond donors (Lipinski definition) is 8. The Hall–Kier alpha value is -11.7. The average molecular weight is 2340 g/mol. The van der Waals surface area contributed by atoms with E-state index in [1.54, 1.807) is 104 Å². The molecule has 1 aliphatic rings. The number of nitrogens with one attached hydrogen (secondary N) is 1. The Bertz CT molecular complexity index is 6740. The number of rotatable bonds is 24. The summed E-state index contributed by atoms with van der Waals surface area (Å²) >= 11 is 10.4. The fraction of sp³-hybridized carbons (Fsp3) is 0.211. The number of aliphatic carboxylic acids is 1. The number of halogens is 13. The van der Waals surface area contributed by atoms with Gasteiger partial charge in [0.25, 0.3) is 17.7 Å². The first-order chi connectivity index (χ1) is 68.0. The predicted molar refractivity (Wildman–Crippen MR) is 575 cm³/mol. The van der Waals surface area contributed by atoms with E-state index in [1.807, 2.05) is 135 Å². The quantitative estimate of drug-likeness (QED) is 0.0121. The zero-order chi connectivity index (χ0) is 106. The normalized spacial score (nSPS) is 12.7. The number of carboxylic acids is 1. The van der Waals surface area contributed by atoms with Crippen LogP contribution in [0.3, 0.4) is 0 Å². The Kier molecular flexibility index (Phi) is 51.9. The van der Waals surface area contributed by atoms with E-state index < -0.39 is 82.0 Å². The second kappa shape index (κ2) is 60.7. The van der Waals surface area contributed by atoms with E-state index >= 15 is 0 Å². The number of carbonyl (C=O) groups excluding carboxylic acids is 4. The molecule has 15 rings (SSSR count). The topological polar surface area (TPSA) is 373 Å². The van der Waals surface area contributed by atoms with Crippen molar-refractivity contribution in [3.63, 3.8) is 0 Å². The molecule has 768 valence electrons. The van der Waals surface area contributed by atoms with Crippen LogP contribution in [0.4, 0.5) is 40.8 Å². The van der Waals surface area contributed by atoms with Gasteiger partial charge in [-0.2, -0.15) is 23.0 Å². The number of aromatic nitrogens is 5. The molecule has 0 fully saturated rings. The van der Waals surface area contributed by atoms with Crippen molar-refractivity contribution >= 4 is 159 Å². The SMILES string of the molecule is CC(C)(C)[S@](=O)C[C@@H](Cc1cccc(F)c1)c1ncccc1Br.CC(C)(C)[S@](=O)N=Cc1ncccc1Br.C[C@@H](Cc1cccc(F)c1)c1ncccc1-c1ccc(F)c(C(N)=O)c1.C[C@@H](Cc1cccc(F)c1)c1ncccc1Br.Cc1cc(C)c2c(c1)NC(=O)C2CC(=O)O.Cl.NC(=O)c1cc(-c2cccnc2[C@@H](N)Cc2cccc(F)c2)ccc1F.NC(=O)c1cc(B(O)O)ccc1F.[Br-].[CH2-]c1cccc(F)c1.[Mg+2]. The molecule has 21 nitrogen and oxygen atoms in total. The molecule has 38 heteroatoms. The van der Waals surface area contributed by atoms with Gasteiger partial charge in [0.05, 0.1) is 80.3 Å². The Morgan fingerprint density at radius 1 is 0.497 bits per heavy atom. The standard InChI is InChI=1S/C21H18F2N2O.C20H17F2N3O.C18H21BrFNOS.C14H13BrFN.C12H13NO3.C10H13BrN2OS.C7H7BFNO3.C7H6F.BrH.ClH.Mg/c1-13(10-14-4-2-5-16(22)11-14)20-17(6-3-9-25-20)15-7-8-19(23)18(12-15)21(24)26;21-14-4-1-3-12(9-14)10-18(23)19-15(5-2-8-25-19)13-6-7-17(22)16(11-13)20(24)26;1-18(2,3)23(22)12-14(17-16(19)8-5-9-21-17)10-13-6-4-7-15(20)11-13;1-10(14-13(15)6-3-7-17-14)8-11-4-2-5-12(16)9-11;1-6-3-7(2)11-8(5-10(14)15)12(16)13-9(11)4-6;1-10(2,3)15(14)13-7-9-8(11)5-4-6-12-9;9-6-2-1-4(8(12)13)3-5(6)7(10)11;1-6-3-2-4-7(8)5-6;;;/h2-9,11-13H,10H2,1H3,(H2,24,26);1-9,11,18H,10,23H2,(H2,24,26);4-9,11,14H,10,12H2,1-3H3;2-7,9-10H,8H2,1H3;3-4,8H,5H2,1-2H3,(H,13,16)(H,14,15);4-7H,1-3H3;1-3,12-13H,(H2,10,11);2-5H,1H2;2*1H;/q;;;;;;;-1;;;+2/p-1/t13-;18-;14-,23-;10-;;15-;;;;;/m0010.0...../s1. The monoisotopic (exact) mass is 2330 g/mol. The van der Waals surface area contributed by atoms with E-state index in [9.17, 15) is 67.5 Å². The molecular formula is C109H109BBr4ClF8MgN11O10S2. The maximum absolute atomic E-state index is 13.8. The van der Waals surface area contributed by atoms with Gasteiger partial charge in [-0.1, -0.05) is 105 Å². The second-order valence-electron chi connectivity index (χ2n) is 35.1. The summed E-state index contributed by atoms with van der Waals surface area (Å²) in [6.07, 6.45) is 12.2. The molecule has 0 spiro atoms. The van der Waals surface area contributed by atoms with Crippen LogP contribution in [0.1, 0.15) is 196 Å². The maximum Gasteiger partial charge on any atom is 2.00 e. The molecule has 14 aromatic rings. The number of hydrogen-bond acceptors (Lipinski definition) is 15. The number of aryl methyl sites for hydroxylation is 2. The van der Waals surface area contributed by atoms with Crippen molar-refractivity contribution in [2.45, 2.75) is 141 Å². The summed E-state index contributed by atoms with van der Waals surface area (Å²) < 4.78 is 136. The van der Waals surface area contributed by atoms with Gasteiger partial charge in [0, 0.05) is 100 Å². The Balaban J connectivity index is 0.000000300. The third-order valence-electron chi connectivity index (χ3n) is 21.5. The van der Waals surface area contributed by atoms with Crippen LogP contribution in [0.15, 0.2) is 298 Å². The van der Waals surface area contributed by atoms with Gasteiger partial charge in [0.2, 0.25) is 5.91 Å². The summed E-state index contributed by atoms with van der Waals surface area (Å²) in [4.78, 5) is 77.5. The van der Waals surface area contributed by atoms with E-state index in [0.717, 1.165) is 105 Å². The van der Waals surface area contributed by atoms with Gasteiger partial charge >= 0.3 is 36.1 Å². The minimum atomic E-state index is -1.74. The molecular weight excluding hydrogens is 2230 g/mol. The van der Waals surface area contributed by atoms with Gasteiger partial charge in [0.15, 0.2) is 0 Å². The van der Waals surface area contributed by atoms with Crippen LogP contribution in [0, 0.1) is 67.3 Å². The fourth-order valence-corrected chi connectivity index (χ4v) is 17.8. The van der Waals surface area contributed by atoms with Gasteiger partial charge in [0.1, 0.15) is 51.7 Å². The number of fused-ring (bicyclic) bond motifs is 1. The molecule has 0 saturated heterocycles. The van der Waals surface area contributed by atoms with Crippen molar-refractivity contribution in [2.24, 2.45) is 27.3 Å². The molecule has 7 atom stereocenters. The fourth-order valence-electron chi connectivity index (χ4n) is 14.5. The molecule has 12 N–H and O–H groups in total. The number of carbonyl (C=O) groups is 5. The minimum absolute atomic E-state index is 0. The third kappa shape index (κ3) is 40.4. The average Bonchev–Trinajstić information content (AvgIpc) is 1.53. The van der Waals surface area contributed by atoms with Crippen LogP contribution in [-0.4, -0.2) is 130 Å². The Morgan fingerprint density at radius 3 is 1.31 bits per heavy atom. The zero-order valence-electron chi connectivity index (χ0n) is 81.7. The van der Waals surface area contributed by atoms with E-state index in [4.69, 9.17) is 38.1 Å². The van der Waals surface area contributed by atoms with Crippen molar-refractivity contribution < 1.29 is 99.6 Å². The molecule has 6 heterocycles. The minimum Gasteiger partial charge on any atom is -1.00 e. The van der Waals surface area contributed by atoms with Gasteiger partial charge < -0.3 is 60.4 Å². The van der Waals surface area contributed by atoms with E-state index in [-0.39, 0.29) is 143 Å². The molecule has 1 unspecified atom stereocenters. The number of benzene rings is 9. The number of pyridine rings is 5. The molecule has 0 bridgehead atoms. The maximum atomic E-state index is 13.8. The number of primary amides is 3. The molecule has 0 aliphatic carbocycles. The molecule has 0 saturated carbocycles. The predicted octanol–water partition coefficient (Wildman–Crippen LogP) is 19.2. The Morgan fingerprint density at radius 2 is 0.891 bits per heavy atom. The number of nitrogens with two attached hydrogens (primary N) is 4. The van der Waals surface area contributed by atoms with Crippen LogP contribution in [0.2, 0.25) is 0 Å². The van der Waals surface area contributed by atoms with Gasteiger partial charge in [-0.15, -0.1) is 24.5 Å². The Labute approximate surface area is 913 Å². The van der Waals surface area contributed by atoms with Crippen molar-refractivity contribution in [3.8, 4) is 22.3 Å². The molecule has 0 radical (unpaired) electrons. The molecule has 147 heavy (non-hydrogen) atoms. The van der Waals surface area contributed by atoms with Crippen LogP contribution in [0.5, 0.6) is 0 Å². The summed E-state index contributed by atoms with van der Waals surface area (Å²) in [6, 6.07) is 65.4. The van der Waals surface area contributed by atoms with Crippen molar-refractivity contribution in [2.75, 3.05) is 11.1 Å². The van der Waals surface area contributed by atoms with Crippen molar-refractivity contribution in [1.29, 1.82) is 0 Å². The number of carboxylic acid groups (broad SMARTS) is 1. The summed E-state index contributed by atoms with van der Waals surface area (Å²) in [7, 11) is -3.98. The summed E-state index contributed by atoms with van der Waals surface area (Å²) in [5.74, 6) is -7.00. The van der Waals surface area contributed by atoms with Gasteiger partial charge in [-0.3, -0.25) is 53.1 Å². The molecule has 4 amide bonds. The number of nitrogens with zero attached hydrogens (tertiary/aromatic N) is 6. The first-order valence-corrected chi connectivity index (χ1v) is 49.5. The van der Waals surface area contributed by atoms with Crippen LogP contribution in [0.25, 0.3) is 22.3 Å². The first kappa shape index (κ1) is 126. The van der Waals surface area contributed by atoms with Crippen LogP contribution >= 0.6 is 60.2 Å². The van der Waals surface area contributed by atoms with Crippen LogP contribution < -0.4 is 50.7 Å². The van der Waals surface area contributed by atoms with Crippen LogP contribution in [-0.2, 0) is 57.1 Å². The smallest absolute Gasteiger partial charge is 1.00 e. The summed E-state index contributed by atoms with van der Waals surface area (Å²) in [5, 5.41) is 28.9. The summed E-state index contributed by atoms with van der Waals surface area (Å²) in [5.41, 5.74) is 35.4. The van der Waals surface area contributed by atoms with E-state index in [2.05, 4.69) is 96.3 Å². The molecule has 1 aliphatic heterocycles. The molecule has 5 aromatic heterocycles. The van der Waals surface area contributed by atoms with Gasteiger partial charge in [-0.05, 0) is 324 Å². The second-order valence-corrected chi connectivity index (χ2v) is 41.8. The van der Waals surface area contributed by atoms with E-state index in [1.165, 1.54) is 91.1 Å². The first-order valence-electron chi connectivity index (χ1n) is 44.7. The number of amides is 4. The zero-order valence-corrected chi connectivity index (χ0v) is 91.9. The van der Waals surface area contributed by atoms with Crippen molar-refractivity contribution in [1.82, 2.24) is 24.9 Å². The molecule has 9 aromatic carbocycles. The largest absolute Gasteiger partial charge is 2.00 e. The number of anilines is 1. The van der Waals surface area contributed by atoms with Gasteiger partial charge in [-0.25, -0.2) is 39.3 Å².